The SMILES string of the molecule is Cc1cc(C(Cc2nccs2)NN)cc(C)n1. The lowest BCUT2D eigenvalue weighted by Crippen LogP contribution is -2.29. The summed E-state index contributed by atoms with van der Waals surface area (Å²) in [6.07, 6.45) is 2.62. The van der Waals surface area contributed by atoms with Gasteiger partial charge in [-0.25, -0.2) is 4.98 Å². The molecule has 3 N–H and O–H groups in total. The fraction of sp³-hybridized carbons (Fsp3) is 0.333. The van der Waals surface area contributed by atoms with E-state index in [-0.39, 0.29) is 6.04 Å². The maximum Gasteiger partial charge on any atom is 0.0944 e. The number of nitrogens with two attached hydrogens (primary N) is 1. The lowest BCUT2D eigenvalue weighted by atomic mass is 10.0. The van der Waals surface area contributed by atoms with Crippen LogP contribution in [0, 0.1) is 13.8 Å². The zero-order chi connectivity index (χ0) is 12.3. The Labute approximate surface area is 105 Å². The molecular formula is C12H16N4S. The van der Waals surface area contributed by atoms with Crippen LogP contribution in [0.4, 0.5) is 0 Å². The van der Waals surface area contributed by atoms with Crippen LogP contribution in [-0.2, 0) is 6.42 Å². The maximum absolute atomic E-state index is 5.63. The topological polar surface area (TPSA) is 63.8 Å². The molecule has 0 spiro atoms. The van der Waals surface area contributed by atoms with Crippen molar-refractivity contribution in [2.75, 3.05) is 0 Å². The Kier molecular flexibility index (Phi) is 3.83. The van der Waals surface area contributed by atoms with E-state index in [4.69, 9.17) is 5.84 Å². The minimum absolute atomic E-state index is 0.0848. The highest BCUT2D eigenvalue weighted by atomic mass is 32.1. The smallest absolute Gasteiger partial charge is 0.0944 e. The van der Waals surface area contributed by atoms with Gasteiger partial charge in [0.05, 0.1) is 11.0 Å². The summed E-state index contributed by atoms with van der Waals surface area (Å²) < 4.78 is 0. The molecule has 0 fully saturated rings. The molecule has 0 saturated carbocycles. The summed E-state index contributed by atoms with van der Waals surface area (Å²) in [6, 6.07) is 4.21. The van der Waals surface area contributed by atoms with Gasteiger partial charge in [0, 0.05) is 29.4 Å². The van der Waals surface area contributed by atoms with Crippen LogP contribution < -0.4 is 11.3 Å². The third-order valence-electron chi connectivity index (χ3n) is 2.57. The monoisotopic (exact) mass is 248 g/mol. The Morgan fingerprint density at radius 2 is 2.06 bits per heavy atom. The third-order valence-corrected chi connectivity index (χ3v) is 3.37. The van der Waals surface area contributed by atoms with Crippen molar-refractivity contribution in [2.24, 2.45) is 5.84 Å². The summed E-state index contributed by atoms with van der Waals surface area (Å²) in [5.41, 5.74) is 6.04. The van der Waals surface area contributed by atoms with Crippen molar-refractivity contribution < 1.29 is 0 Å². The quantitative estimate of drug-likeness (QED) is 0.641. The molecule has 0 aromatic carbocycles. The van der Waals surface area contributed by atoms with Crippen LogP contribution in [0.25, 0.3) is 0 Å². The number of nitrogens with zero attached hydrogens (tertiary/aromatic N) is 2. The number of pyridine rings is 1. The van der Waals surface area contributed by atoms with Crippen LogP contribution in [0.15, 0.2) is 23.7 Å². The molecule has 0 bridgehead atoms. The predicted molar refractivity (Wildman–Crippen MR) is 69.6 cm³/mol. The molecule has 2 aromatic heterocycles. The zero-order valence-corrected chi connectivity index (χ0v) is 10.8. The Morgan fingerprint density at radius 1 is 1.35 bits per heavy atom. The average Bonchev–Trinajstić information content (AvgIpc) is 2.77. The molecule has 4 nitrogen and oxygen atoms in total. The van der Waals surface area contributed by atoms with Gasteiger partial charge in [-0.3, -0.25) is 16.3 Å². The highest BCUT2D eigenvalue weighted by molar-refractivity contribution is 7.09. The molecule has 1 unspecified atom stereocenters. The van der Waals surface area contributed by atoms with Crippen molar-refractivity contribution in [1.29, 1.82) is 0 Å². The van der Waals surface area contributed by atoms with Crippen molar-refractivity contribution >= 4 is 11.3 Å². The minimum atomic E-state index is 0.0848. The predicted octanol–water partition coefficient (Wildman–Crippen LogP) is 1.90. The van der Waals surface area contributed by atoms with E-state index in [1.54, 1.807) is 11.3 Å². The van der Waals surface area contributed by atoms with Crippen LogP contribution in [-0.4, -0.2) is 9.97 Å². The Balaban J connectivity index is 2.22. The molecule has 5 heteroatoms. The van der Waals surface area contributed by atoms with Crippen molar-refractivity contribution in [1.82, 2.24) is 15.4 Å². The van der Waals surface area contributed by atoms with Gasteiger partial charge in [0.1, 0.15) is 0 Å². The first-order chi connectivity index (χ1) is 8.19. The van der Waals surface area contributed by atoms with Crippen LogP contribution in [0.2, 0.25) is 0 Å². The summed E-state index contributed by atoms with van der Waals surface area (Å²) >= 11 is 1.65. The summed E-state index contributed by atoms with van der Waals surface area (Å²) in [6.45, 7) is 3.99. The number of nitrogens with one attached hydrogen (secondary N) is 1. The average molecular weight is 248 g/mol. The summed E-state index contributed by atoms with van der Waals surface area (Å²) in [5, 5.41) is 3.06. The number of hydrogen-bond donors (Lipinski definition) is 2. The molecule has 2 heterocycles. The van der Waals surface area contributed by atoms with E-state index in [1.165, 1.54) is 0 Å². The Morgan fingerprint density at radius 3 is 2.59 bits per heavy atom. The third kappa shape index (κ3) is 3.09. The Bertz CT molecular complexity index is 461. The highest BCUT2D eigenvalue weighted by Gasteiger charge is 2.13. The van der Waals surface area contributed by atoms with Gasteiger partial charge < -0.3 is 0 Å². The summed E-state index contributed by atoms with van der Waals surface area (Å²) in [5.74, 6) is 5.63. The molecular weight excluding hydrogens is 232 g/mol. The molecule has 17 heavy (non-hydrogen) atoms. The van der Waals surface area contributed by atoms with E-state index < -0.39 is 0 Å². The maximum atomic E-state index is 5.63. The van der Waals surface area contributed by atoms with Gasteiger partial charge in [0.15, 0.2) is 0 Å². The highest BCUT2D eigenvalue weighted by Crippen LogP contribution is 2.20. The second-order valence-electron chi connectivity index (χ2n) is 4.03. The van der Waals surface area contributed by atoms with Crippen LogP contribution in [0.5, 0.6) is 0 Å². The van der Waals surface area contributed by atoms with Crippen molar-refractivity contribution in [2.45, 2.75) is 26.3 Å². The molecule has 0 amide bonds. The number of hydrazine groups is 1. The first-order valence-electron chi connectivity index (χ1n) is 5.48. The molecule has 0 aliphatic heterocycles. The second-order valence-corrected chi connectivity index (χ2v) is 5.01. The Hall–Kier alpha value is -1.30. The van der Waals surface area contributed by atoms with E-state index in [0.29, 0.717) is 0 Å². The standard InChI is InChI=1S/C12H16N4S/c1-8-5-10(6-9(2)15-8)11(16-13)7-12-14-3-4-17-12/h3-6,11,16H,7,13H2,1-2H3. The number of hydrogen-bond acceptors (Lipinski definition) is 5. The molecule has 0 radical (unpaired) electrons. The van der Waals surface area contributed by atoms with Gasteiger partial charge in [-0.05, 0) is 31.5 Å². The largest absolute Gasteiger partial charge is 0.271 e. The van der Waals surface area contributed by atoms with Crippen LogP contribution in [0.3, 0.4) is 0 Å². The first kappa shape index (κ1) is 12.2. The molecule has 2 rings (SSSR count). The summed E-state index contributed by atoms with van der Waals surface area (Å²) in [7, 11) is 0. The van der Waals surface area contributed by atoms with E-state index >= 15 is 0 Å². The van der Waals surface area contributed by atoms with Crippen molar-refractivity contribution in [3.63, 3.8) is 0 Å². The van der Waals surface area contributed by atoms with Gasteiger partial charge in [-0.2, -0.15) is 0 Å². The van der Waals surface area contributed by atoms with Gasteiger partial charge in [0.2, 0.25) is 0 Å². The molecule has 0 aliphatic rings. The van der Waals surface area contributed by atoms with Gasteiger partial charge in [-0.1, -0.05) is 0 Å². The number of aromatic nitrogens is 2. The zero-order valence-electron chi connectivity index (χ0n) is 9.97. The first-order valence-corrected chi connectivity index (χ1v) is 6.36. The molecule has 90 valence electrons. The van der Waals surface area contributed by atoms with Crippen molar-refractivity contribution in [3.8, 4) is 0 Å². The number of rotatable bonds is 4. The van der Waals surface area contributed by atoms with Gasteiger partial charge in [-0.15, -0.1) is 11.3 Å². The fourth-order valence-electron chi connectivity index (χ4n) is 1.87. The normalized spacial score (nSPS) is 12.6. The number of aryl methyl sites for hydroxylation is 2. The van der Waals surface area contributed by atoms with Crippen LogP contribution in [0.1, 0.15) is 28.0 Å². The van der Waals surface area contributed by atoms with Gasteiger partial charge >= 0.3 is 0 Å². The van der Waals surface area contributed by atoms with Gasteiger partial charge in [0.25, 0.3) is 0 Å². The van der Waals surface area contributed by atoms with E-state index in [1.807, 2.05) is 25.4 Å². The molecule has 2 aromatic rings. The van der Waals surface area contributed by atoms with Crippen molar-refractivity contribution in [3.05, 3.63) is 45.7 Å². The lowest BCUT2D eigenvalue weighted by molar-refractivity contribution is 0.549. The van der Waals surface area contributed by atoms with E-state index in [9.17, 15) is 0 Å². The molecule has 0 aliphatic carbocycles. The van der Waals surface area contributed by atoms with Crippen LogP contribution >= 0.6 is 11.3 Å². The second kappa shape index (κ2) is 5.35. The molecule has 0 saturated heterocycles. The van der Waals surface area contributed by atoms with E-state index in [2.05, 4.69) is 27.5 Å². The molecule has 1 atom stereocenters. The van der Waals surface area contributed by atoms with E-state index in [0.717, 1.165) is 28.4 Å². The summed E-state index contributed by atoms with van der Waals surface area (Å²) in [4.78, 5) is 8.65. The lowest BCUT2D eigenvalue weighted by Gasteiger charge is -2.16. The minimum Gasteiger partial charge on any atom is -0.271 e. The fourth-order valence-corrected chi connectivity index (χ4v) is 2.53. The number of thiazole rings is 1.